The van der Waals surface area contributed by atoms with Crippen LogP contribution in [0.5, 0.6) is 5.88 Å². The Kier molecular flexibility index (Phi) is 4.53. The quantitative estimate of drug-likeness (QED) is 0.652. The lowest BCUT2D eigenvalue weighted by molar-refractivity contribution is -0.280. The summed E-state index contributed by atoms with van der Waals surface area (Å²) in [6.07, 6.45) is -6.13. The summed E-state index contributed by atoms with van der Waals surface area (Å²) in [6.45, 7) is -0.154. The van der Waals surface area contributed by atoms with Crippen LogP contribution in [0, 0.1) is 0 Å². The standard InChI is InChI=1S/C14H16ClNO6/c15-20-6-9-11(17)13(12(18)14(19)21-9)22-10-5-7-3-1-2-4-8(7)16-10/h1-5,9,11-14,16-19H,6H2/t9-,11+,12-,13+,14?/m1/s1. The number of hydrogen-bond donors (Lipinski definition) is 4. The van der Waals surface area contributed by atoms with Crippen LogP contribution in [0.1, 0.15) is 0 Å². The van der Waals surface area contributed by atoms with Gasteiger partial charge in [-0.1, -0.05) is 18.2 Å². The topological polar surface area (TPSA) is 104 Å². The van der Waals surface area contributed by atoms with Crippen molar-refractivity contribution in [1.29, 1.82) is 0 Å². The number of para-hydroxylation sites is 1. The van der Waals surface area contributed by atoms with Crippen LogP contribution in [0.4, 0.5) is 0 Å². The summed E-state index contributed by atoms with van der Waals surface area (Å²) in [6, 6.07) is 9.27. The Morgan fingerprint density at radius 3 is 2.68 bits per heavy atom. The average Bonchev–Trinajstić information content (AvgIpc) is 2.92. The van der Waals surface area contributed by atoms with Crippen molar-refractivity contribution in [2.24, 2.45) is 0 Å². The molecule has 22 heavy (non-hydrogen) atoms. The third-order valence-corrected chi connectivity index (χ3v) is 3.78. The molecule has 2 heterocycles. The molecule has 1 aliphatic rings. The number of halogens is 1. The summed E-state index contributed by atoms with van der Waals surface area (Å²) in [5, 5.41) is 30.8. The van der Waals surface area contributed by atoms with Gasteiger partial charge in [-0.3, -0.25) is 4.29 Å². The summed E-state index contributed by atoms with van der Waals surface area (Å²) >= 11 is 5.16. The molecule has 0 aliphatic carbocycles. The van der Waals surface area contributed by atoms with Crippen molar-refractivity contribution in [1.82, 2.24) is 4.98 Å². The Labute approximate surface area is 131 Å². The van der Waals surface area contributed by atoms with Gasteiger partial charge in [0.25, 0.3) is 0 Å². The number of aliphatic hydroxyl groups excluding tert-OH is 3. The zero-order valence-electron chi connectivity index (χ0n) is 11.4. The van der Waals surface area contributed by atoms with Crippen LogP contribution in [0.2, 0.25) is 0 Å². The second kappa shape index (κ2) is 6.41. The van der Waals surface area contributed by atoms with Crippen molar-refractivity contribution in [2.75, 3.05) is 6.61 Å². The molecule has 2 aromatic rings. The molecular weight excluding hydrogens is 314 g/mol. The molecule has 8 heteroatoms. The molecule has 1 aromatic heterocycles. The van der Waals surface area contributed by atoms with Crippen LogP contribution in [0.25, 0.3) is 10.9 Å². The minimum atomic E-state index is -1.51. The molecule has 1 aliphatic heterocycles. The van der Waals surface area contributed by atoms with E-state index >= 15 is 0 Å². The molecule has 1 unspecified atom stereocenters. The van der Waals surface area contributed by atoms with E-state index in [0.29, 0.717) is 5.88 Å². The maximum Gasteiger partial charge on any atom is 0.192 e. The van der Waals surface area contributed by atoms with Gasteiger partial charge in [0.2, 0.25) is 0 Å². The van der Waals surface area contributed by atoms with Gasteiger partial charge in [-0.15, -0.1) is 0 Å². The molecule has 0 saturated carbocycles. The Morgan fingerprint density at radius 1 is 1.18 bits per heavy atom. The van der Waals surface area contributed by atoms with Crippen LogP contribution >= 0.6 is 11.9 Å². The predicted molar refractivity (Wildman–Crippen MR) is 77.4 cm³/mol. The fraction of sp³-hybridized carbons (Fsp3) is 0.429. The van der Waals surface area contributed by atoms with Crippen LogP contribution in [-0.2, 0) is 9.03 Å². The fourth-order valence-electron chi connectivity index (χ4n) is 2.51. The fourth-order valence-corrected chi connectivity index (χ4v) is 2.64. The number of aromatic nitrogens is 1. The van der Waals surface area contributed by atoms with Gasteiger partial charge in [-0.2, -0.15) is 0 Å². The van der Waals surface area contributed by atoms with Crippen molar-refractivity contribution in [2.45, 2.75) is 30.7 Å². The first kappa shape index (κ1) is 15.5. The molecule has 3 rings (SSSR count). The zero-order chi connectivity index (χ0) is 15.7. The van der Waals surface area contributed by atoms with Crippen LogP contribution in [0.15, 0.2) is 30.3 Å². The molecule has 0 amide bonds. The largest absolute Gasteiger partial charge is 0.470 e. The molecule has 1 aromatic carbocycles. The zero-order valence-corrected chi connectivity index (χ0v) is 12.2. The van der Waals surface area contributed by atoms with Crippen molar-refractivity contribution in [3.05, 3.63) is 30.3 Å². The van der Waals surface area contributed by atoms with Crippen molar-refractivity contribution in [3.63, 3.8) is 0 Å². The highest BCUT2D eigenvalue weighted by atomic mass is 35.5. The summed E-state index contributed by atoms with van der Waals surface area (Å²) in [5.41, 5.74) is 0.856. The van der Waals surface area contributed by atoms with Crippen LogP contribution in [-0.4, -0.2) is 57.6 Å². The first-order chi connectivity index (χ1) is 10.6. The Balaban J connectivity index is 1.81. The van der Waals surface area contributed by atoms with Crippen molar-refractivity contribution >= 4 is 22.8 Å². The number of aliphatic hydroxyl groups is 3. The average molecular weight is 330 g/mol. The van der Waals surface area contributed by atoms with E-state index < -0.39 is 30.7 Å². The number of rotatable bonds is 4. The van der Waals surface area contributed by atoms with Gasteiger partial charge in [0, 0.05) is 17.0 Å². The Hall–Kier alpha value is -1.35. The number of benzene rings is 1. The number of aromatic amines is 1. The molecule has 5 atom stereocenters. The maximum absolute atomic E-state index is 10.2. The number of fused-ring (bicyclic) bond motifs is 1. The molecule has 4 N–H and O–H groups in total. The molecule has 0 bridgehead atoms. The highest BCUT2D eigenvalue weighted by molar-refractivity contribution is 6.07. The van der Waals surface area contributed by atoms with Crippen molar-refractivity contribution in [3.8, 4) is 5.88 Å². The van der Waals surface area contributed by atoms with Crippen LogP contribution in [0.3, 0.4) is 0 Å². The summed E-state index contributed by atoms with van der Waals surface area (Å²) in [5.74, 6) is 0.365. The Bertz CT molecular complexity index is 602. The second-order valence-electron chi connectivity index (χ2n) is 5.13. The first-order valence-corrected chi connectivity index (χ1v) is 7.08. The molecule has 0 radical (unpaired) electrons. The summed E-state index contributed by atoms with van der Waals surface area (Å²) in [7, 11) is 0. The molecule has 7 nitrogen and oxygen atoms in total. The van der Waals surface area contributed by atoms with Gasteiger partial charge >= 0.3 is 0 Å². The Morgan fingerprint density at radius 2 is 1.95 bits per heavy atom. The number of H-pyrrole nitrogens is 1. The summed E-state index contributed by atoms with van der Waals surface area (Å²) in [4.78, 5) is 3.02. The van der Waals surface area contributed by atoms with E-state index in [-0.39, 0.29) is 6.61 Å². The lowest BCUT2D eigenvalue weighted by Gasteiger charge is -2.39. The molecule has 1 fully saturated rings. The van der Waals surface area contributed by atoms with E-state index in [1.54, 1.807) is 6.07 Å². The van der Waals surface area contributed by atoms with Gasteiger partial charge in [-0.05, 0) is 6.07 Å². The van der Waals surface area contributed by atoms with Gasteiger partial charge in [0.15, 0.2) is 18.3 Å². The minimum Gasteiger partial charge on any atom is -0.470 e. The number of nitrogens with one attached hydrogen (secondary N) is 1. The van der Waals surface area contributed by atoms with Gasteiger partial charge < -0.3 is 29.8 Å². The van der Waals surface area contributed by atoms with E-state index in [1.165, 1.54) is 0 Å². The SMILES string of the molecule is OC1O[C@H](COCl)[C@H](O)[C@H](Oc2cc3ccccc3[nH]2)[C@H]1O. The third kappa shape index (κ3) is 2.91. The highest BCUT2D eigenvalue weighted by Gasteiger charge is 2.45. The van der Waals surface area contributed by atoms with E-state index in [1.807, 2.05) is 24.3 Å². The molecule has 0 spiro atoms. The van der Waals surface area contributed by atoms with Gasteiger partial charge in [0.1, 0.15) is 18.3 Å². The smallest absolute Gasteiger partial charge is 0.192 e. The maximum atomic E-state index is 10.2. The number of ether oxygens (including phenoxy) is 2. The molecule has 120 valence electrons. The van der Waals surface area contributed by atoms with Gasteiger partial charge in [0.05, 0.1) is 18.5 Å². The normalized spacial score (nSPS) is 32.3. The van der Waals surface area contributed by atoms with E-state index in [9.17, 15) is 15.3 Å². The second-order valence-corrected chi connectivity index (χ2v) is 5.34. The molecule has 1 saturated heterocycles. The monoisotopic (exact) mass is 329 g/mol. The third-order valence-electron chi connectivity index (χ3n) is 3.66. The van der Waals surface area contributed by atoms with Gasteiger partial charge in [-0.25, -0.2) is 0 Å². The van der Waals surface area contributed by atoms with E-state index in [0.717, 1.165) is 10.9 Å². The predicted octanol–water partition coefficient (Wildman–Crippen LogP) is 0.525. The van der Waals surface area contributed by atoms with Crippen LogP contribution < -0.4 is 4.74 Å². The lowest BCUT2D eigenvalue weighted by Crippen LogP contribution is -2.60. The lowest BCUT2D eigenvalue weighted by atomic mass is 9.99. The van der Waals surface area contributed by atoms with E-state index in [2.05, 4.69) is 9.27 Å². The summed E-state index contributed by atoms with van der Waals surface area (Å²) < 4.78 is 15.1. The number of hydrogen-bond acceptors (Lipinski definition) is 6. The minimum absolute atomic E-state index is 0.154. The van der Waals surface area contributed by atoms with E-state index in [4.69, 9.17) is 21.3 Å². The van der Waals surface area contributed by atoms with Crippen molar-refractivity contribution < 1.29 is 29.1 Å². The molecular formula is C14H16ClNO6. The highest BCUT2D eigenvalue weighted by Crippen LogP contribution is 2.27. The first-order valence-electron chi connectivity index (χ1n) is 6.78.